The summed E-state index contributed by atoms with van der Waals surface area (Å²) in [5, 5.41) is 3.38. The van der Waals surface area contributed by atoms with Crippen molar-refractivity contribution in [1.82, 2.24) is 10.3 Å². The van der Waals surface area contributed by atoms with Gasteiger partial charge in [-0.05, 0) is 56.1 Å². The van der Waals surface area contributed by atoms with Crippen molar-refractivity contribution in [3.05, 3.63) is 29.0 Å². The summed E-state index contributed by atoms with van der Waals surface area (Å²) in [6, 6.07) is 3.68. The minimum atomic E-state index is -0.103. The largest absolute Gasteiger partial charge is 0.349 e. The standard InChI is InChI=1S/C15H19ClN2O/c1-9(13-8-10-4-5-11(13)7-10)18-15(19)12-3-2-6-17-14(12)16/h2-3,6,9-11,13H,4-5,7-8H2,1H3,(H,18,19)/t9-,10+,11+,13+/m1/s1. The Morgan fingerprint density at radius 1 is 1.47 bits per heavy atom. The van der Waals surface area contributed by atoms with E-state index in [1.807, 2.05) is 0 Å². The third-order valence-electron chi connectivity index (χ3n) is 4.80. The summed E-state index contributed by atoms with van der Waals surface area (Å²) in [4.78, 5) is 16.2. The number of halogens is 1. The number of carbonyl (C=O) groups excluding carboxylic acids is 1. The molecule has 0 saturated heterocycles. The van der Waals surface area contributed by atoms with E-state index in [1.165, 1.54) is 25.7 Å². The van der Waals surface area contributed by atoms with Crippen LogP contribution in [0.5, 0.6) is 0 Å². The zero-order valence-corrected chi connectivity index (χ0v) is 11.9. The molecule has 19 heavy (non-hydrogen) atoms. The number of nitrogens with zero attached hydrogens (tertiary/aromatic N) is 1. The molecular formula is C15H19ClN2O. The molecular weight excluding hydrogens is 260 g/mol. The van der Waals surface area contributed by atoms with Gasteiger partial charge in [-0.2, -0.15) is 0 Å². The van der Waals surface area contributed by atoms with E-state index >= 15 is 0 Å². The van der Waals surface area contributed by atoms with Gasteiger partial charge in [-0.1, -0.05) is 18.0 Å². The van der Waals surface area contributed by atoms with Crippen LogP contribution in [0, 0.1) is 17.8 Å². The maximum atomic E-state index is 12.2. The highest BCUT2D eigenvalue weighted by atomic mass is 35.5. The van der Waals surface area contributed by atoms with Crippen LogP contribution in [-0.4, -0.2) is 16.9 Å². The van der Waals surface area contributed by atoms with E-state index in [-0.39, 0.29) is 17.1 Å². The number of carbonyl (C=O) groups is 1. The topological polar surface area (TPSA) is 42.0 Å². The fraction of sp³-hybridized carbons (Fsp3) is 0.600. The fourth-order valence-electron chi connectivity index (χ4n) is 3.85. The molecule has 1 amide bonds. The number of nitrogens with one attached hydrogen (secondary N) is 1. The Kier molecular flexibility index (Phi) is 3.48. The highest BCUT2D eigenvalue weighted by Gasteiger charge is 2.42. The van der Waals surface area contributed by atoms with Crippen molar-refractivity contribution in [2.75, 3.05) is 0 Å². The van der Waals surface area contributed by atoms with Gasteiger partial charge in [-0.25, -0.2) is 4.98 Å². The molecule has 0 spiro atoms. The van der Waals surface area contributed by atoms with Gasteiger partial charge < -0.3 is 5.32 Å². The summed E-state index contributed by atoms with van der Waals surface area (Å²) in [6.45, 7) is 2.12. The Morgan fingerprint density at radius 2 is 2.32 bits per heavy atom. The van der Waals surface area contributed by atoms with Crippen LogP contribution in [0.25, 0.3) is 0 Å². The molecule has 4 atom stereocenters. The second kappa shape index (κ2) is 5.12. The van der Waals surface area contributed by atoms with Gasteiger partial charge in [0.1, 0.15) is 5.15 Å². The Bertz CT molecular complexity index is 491. The maximum Gasteiger partial charge on any atom is 0.254 e. The molecule has 1 N–H and O–H groups in total. The Labute approximate surface area is 118 Å². The number of fused-ring (bicyclic) bond motifs is 2. The van der Waals surface area contributed by atoms with Gasteiger partial charge in [-0.15, -0.1) is 0 Å². The molecule has 2 fully saturated rings. The van der Waals surface area contributed by atoms with Crippen LogP contribution in [0.15, 0.2) is 18.3 Å². The lowest BCUT2D eigenvalue weighted by Gasteiger charge is -2.28. The number of rotatable bonds is 3. The van der Waals surface area contributed by atoms with Crippen molar-refractivity contribution in [2.24, 2.45) is 17.8 Å². The zero-order chi connectivity index (χ0) is 13.4. The molecule has 4 heteroatoms. The summed E-state index contributed by atoms with van der Waals surface area (Å²) in [5.74, 6) is 2.24. The first-order chi connectivity index (χ1) is 9.15. The van der Waals surface area contributed by atoms with E-state index in [2.05, 4.69) is 17.2 Å². The van der Waals surface area contributed by atoms with Gasteiger partial charge in [0, 0.05) is 12.2 Å². The summed E-state index contributed by atoms with van der Waals surface area (Å²) in [5.41, 5.74) is 0.471. The van der Waals surface area contributed by atoms with E-state index in [0.717, 1.165) is 11.8 Å². The van der Waals surface area contributed by atoms with Gasteiger partial charge in [0.2, 0.25) is 0 Å². The minimum Gasteiger partial charge on any atom is -0.349 e. The van der Waals surface area contributed by atoms with E-state index < -0.39 is 0 Å². The highest BCUT2D eigenvalue weighted by molar-refractivity contribution is 6.32. The molecule has 2 saturated carbocycles. The molecule has 102 valence electrons. The van der Waals surface area contributed by atoms with Crippen LogP contribution in [0.1, 0.15) is 43.0 Å². The van der Waals surface area contributed by atoms with E-state index in [9.17, 15) is 4.79 Å². The number of aromatic nitrogens is 1. The van der Waals surface area contributed by atoms with Crippen molar-refractivity contribution in [3.8, 4) is 0 Å². The van der Waals surface area contributed by atoms with Crippen LogP contribution in [0.2, 0.25) is 5.15 Å². The maximum absolute atomic E-state index is 12.2. The summed E-state index contributed by atoms with van der Waals surface area (Å²) in [7, 11) is 0. The van der Waals surface area contributed by atoms with E-state index in [4.69, 9.17) is 11.6 Å². The second-order valence-electron chi connectivity index (χ2n) is 5.94. The highest BCUT2D eigenvalue weighted by Crippen LogP contribution is 2.49. The van der Waals surface area contributed by atoms with E-state index in [1.54, 1.807) is 18.3 Å². The molecule has 1 aromatic rings. The monoisotopic (exact) mass is 278 g/mol. The predicted octanol–water partition coefficient (Wildman–Crippen LogP) is 3.29. The Morgan fingerprint density at radius 3 is 2.95 bits per heavy atom. The third-order valence-corrected chi connectivity index (χ3v) is 5.10. The van der Waals surface area contributed by atoms with Gasteiger partial charge >= 0.3 is 0 Å². The fourth-order valence-corrected chi connectivity index (χ4v) is 4.06. The van der Waals surface area contributed by atoms with Gasteiger partial charge in [0.25, 0.3) is 5.91 Å². The van der Waals surface area contributed by atoms with Gasteiger partial charge in [-0.3, -0.25) is 4.79 Å². The minimum absolute atomic E-state index is 0.103. The van der Waals surface area contributed by atoms with Crippen LogP contribution in [0.4, 0.5) is 0 Å². The van der Waals surface area contributed by atoms with Gasteiger partial charge in [0.15, 0.2) is 0 Å². The lowest BCUT2D eigenvalue weighted by atomic mass is 9.84. The molecule has 1 aromatic heterocycles. The van der Waals surface area contributed by atoms with Crippen molar-refractivity contribution in [2.45, 2.75) is 38.6 Å². The quantitative estimate of drug-likeness (QED) is 0.862. The first-order valence-corrected chi connectivity index (χ1v) is 7.44. The number of pyridine rings is 1. The molecule has 3 nitrogen and oxygen atoms in total. The number of hydrogen-bond acceptors (Lipinski definition) is 2. The number of amides is 1. The number of hydrogen-bond donors (Lipinski definition) is 1. The second-order valence-corrected chi connectivity index (χ2v) is 6.30. The SMILES string of the molecule is C[C@@H](NC(=O)c1cccnc1Cl)[C@@H]1C[C@H]2CC[C@H]1C2. The molecule has 0 radical (unpaired) electrons. The average Bonchev–Trinajstić information content (AvgIpc) is 3.01. The lowest BCUT2D eigenvalue weighted by molar-refractivity contribution is 0.0915. The van der Waals surface area contributed by atoms with Crippen LogP contribution in [0.3, 0.4) is 0 Å². The first-order valence-electron chi connectivity index (χ1n) is 7.06. The van der Waals surface area contributed by atoms with Gasteiger partial charge in [0.05, 0.1) is 5.56 Å². The predicted molar refractivity (Wildman–Crippen MR) is 75.1 cm³/mol. The summed E-state index contributed by atoms with van der Waals surface area (Å²) < 4.78 is 0. The smallest absolute Gasteiger partial charge is 0.254 e. The lowest BCUT2D eigenvalue weighted by Crippen LogP contribution is -2.40. The molecule has 0 aliphatic heterocycles. The molecule has 1 heterocycles. The molecule has 2 aliphatic carbocycles. The van der Waals surface area contributed by atoms with Crippen LogP contribution >= 0.6 is 11.6 Å². The summed E-state index contributed by atoms with van der Waals surface area (Å²) >= 11 is 5.95. The molecule has 3 rings (SSSR count). The zero-order valence-electron chi connectivity index (χ0n) is 11.1. The Hall–Kier alpha value is -1.09. The summed E-state index contributed by atoms with van der Waals surface area (Å²) in [6.07, 6.45) is 6.95. The van der Waals surface area contributed by atoms with Crippen molar-refractivity contribution >= 4 is 17.5 Å². The third kappa shape index (κ3) is 2.48. The normalized spacial score (nSPS) is 30.3. The van der Waals surface area contributed by atoms with Crippen LogP contribution < -0.4 is 5.32 Å². The molecule has 2 aliphatic rings. The average molecular weight is 279 g/mol. The molecule has 0 aromatic carbocycles. The van der Waals surface area contributed by atoms with Crippen molar-refractivity contribution in [3.63, 3.8) is 0 Å². The van der Waals surface area contributed by atoms with Crippen LogP contribution in [-0.2, 0) is 0 Å². The Balaban J connectivity index is 1.65. The first kappa shape index (κ1) is 12.9. The molecule has 0 unspecified atom stereocenters. The van der Waals surface area contributed by atoms with Crippen molar-refractivity contribution in [1.29, 1.82) is 0 Å². The van der Waals surface area contributed by atoms with E-state index in [0.29, 0.717) is 11.5 Å². The molecule has 2 bridgehead atoms. The van der Waals surface area contributed by atoms with Crippen molar-refractivity contribution < 1.29 is 4.79 Å².